The molecule has 1 aliphatic rings. The molecule has 2 heterocycles. The largest absolute Gasteiger partial charge is 0.346 e. The standard InChI is InChI=1S/C12H13N3O2S/c1-17-14-11(16)8-6-15(7-8)12-13-9-4-2-3-5-10(9)18-12/h2-5,8H,6-7H2,1H3,(H,14,16). The fourth-order valence-corrected chi connectivity index (χ4v) is 2.96. The molecule has 0 saturated carbocycles. The van der Waals surface area contributed by atoms with Gasteiger partial charge in [-0.25, -0.2) is 10.5 Å². The minimum absolute atomic E-state index is 0.00281. The number of nitrogens with one attached hydrogen (secondary N) is 1. The number of rotatable bonds is 3. The minimum atomic E-state index is -0.0603. The number of thiazole rings is 1. The Morgan fingerprint density at radius 3 is 3.00 bits per heavy atom. The van der Waals surface area contributed by atoms with Crippen LogP contribution in [-0.4, -0.2) is 31.1 Å². The van der Waals surface area contributed by atoms with Gasteiger partial charge in [0.15, 0.2) is 5.13 Å². The number of fused-ring (bicyclic) bond motifs is 1. The number of amides is 1. The van der Waals surface area contributed by atoms with Crippen LogP contribution in [0.4, 0.5) is 5.13 Å². The molecule has 2 aromatic rings. The second-order valence-corrected chi connectivity index (χ2v) is 5.25. The van der Waals surface area contributed by atoms with E-state index in [2.05, 4.69) is 26.3 Å². The van der Waals surface area contributed by atoms with E-state index in [-0.39, 0.29) is 11.8 Å². The quantitative estimate of drug-likeness (QED) is 0.851. The van der Waals surface area contributed by atoms with Crippen LogP contribution in [-0.2, 0) is 9.63 Å². The highest BCUT2D eigenvalue weighted by Gasteiger charge is 2.34. The molecule has 0 aliphatic carbocycles. The van der Waals surface area contributed by atoms with Gasteiger partial charge >= 0.3 is 0 Å². The van der Waals surface area contributed by atoms with Crippen LogP contribution in [0.5, 0.6) is 0 Å². The van der Waals surface area contributed by atoms with Crippen molar-refractivity contribution in [2.24, 2.45) is 5.92 Å². The minimum Gasteiger partial charge on any atom is -0.346 e. The van der Waals surface area contributed by atoms with Gasteiger partial charge in [-0.1, -0.05) is 23.5 Å². The number of hydroxylamine groups is 1. The number of hydrogen-bond acceptors (Lipinski definition) is 5. The van der Waals surface area contributed by atoms with E-state index >= 15 is 0 Å². The molecule has 0 unspecified atom stereocenters. The van der Waals surface area contributed by atoms with Crippen molar-refractivity contribution in [3.8, 4) is 0 Å². The summed E-state index contributed by atoms with van der Waals surface area (Å²) in [6.45, 7) is 1.41. The molecule has 0 atom stereocenters. The molecule has 1 saturated heterocycles. The van der Waals surface area contributed by atoms with Crippen molar-refractivity contribution in [3.63, 3.8) is 0 Å². The smallest absolute Gasteiger partial charge is 0.250 e. The average molecular weight is 263 g/mol. The zero-order valence-electron chi connectivity index (χ0n) is 9.92. The van der Waals surface area contributed by atoms with Crippen molar-refractivity contribution < 1.29 is 9.63 Å². The molecule has 5 nitrogen and oxygen atoms in total. The summed E-state index contributed by atoms with van der Waals surface area (Å²) >= 11 is 1.66. The van der Waals surface area contributed by atoms with E-state index in [1.54, 1.807) is 11.3 Å². The third kappa shape index (κ3) is 1.93. The predicted molar refractivity (Wildman–Crippen MR) is 70.5 cm³/mol. The summed E-state index contributed by atoms with van der Waals surface area (Å²) in [5.74, 6) is -0.0631. The maximum Gasteiger partial charge on any atom is 0.250 e. The van der Waals surface area contributed by atoms with Crippen LogP contribution in [0.1, 0.15) is 0 Å². The molecule has 1 aliphatic heterocycles. The van der Waals surface area contributed by atoms with Gasteiger partial charge < -0.3 is 4.90 Å². The molecule has 6 heteroatoms. The number of anilines is 1. The lowest BCUT2D eigenvalue weighted by Gasteiger charge is -2.37. The molecule has 18 heavy (non-hydrogen) atoms. The zero-order valence-corrected chi connectivity index (χ0v) is 10.7. The van der Waals surface area contributed by atoms with E-state index in [0.29, 0.717) is 13.1 Å². The van der Waals surface area contributed by atoms with Crippen molar-refractivity contribution in [2.75, 3.05) is 25.1 Å². The molecule has 94 valence electrons. The third-order valence-corrected chi connectivity index (χ3v) is 4.11. The van der Waals surface area contributed by atoms with E-state index in [1.165, 1.54) is 11.8 Å². The number of hydrogen-bond donors (Lipinski definition) is 1. The summed E-state index contributed by atoms with van der Waals surface area (Å²) < 4.78 is 1.18. The highest BCUT2D eigenvalue weighted by Crippen LogP contribution is 2.32. The Labute approximate surface area is 108 Å². The summed E-state index contributed by atoms with van der Waals surface area (Å²) in [6.07, 6.45) is 0. The molecular weight excluding hydrogens is 250 g/mol. The van der Waals surface area contributed by atoms with Gasteiger partial charge in [0.1, 0.15) is 0 Å². The molecular formula is C12H13N3O2S. The maximum absolute atomic E-state index is 11.5. The number of carbonyl (C=O) groups is 1. The van der Waals surface area contributed by atoms with Gasteiger partial charge in [-0.05, 0) is 12.1 Å². The second kappa shape index (κ2) is 4.55. The van der Waals surface area contributed by atoms with E-state index < -0.39 is 0 Å². The fraction of sp³-hybridized carbons (Fsp3) is 0.333. The highest BCUT2D eigenvalue weighted by atomic mass is 32.1. The summed E-state index contributed by atoms with van der Waals surface area (Å²) in [6, 6.07) is 8.06. The van der Waals surface area contributed by atoms with Crippen molar-refractivity contribution in [1.82, 2.24) is 10.5 Å². The second-order valence-electron chi connectivity index (χ2n) is 4.24. The Balaban J connectivity index is 1.69. The zero-order chi connectivity index (χ0) is 12.5. The Morgan fingerprint density at radius 1 is 1.50 bits per heavy atom. The van der Waals surface area contributed by atoms with Crippen LogP contribution >= 0.6 is 11.3 Å². The van der Waals surface area contributed by atoms with Gasteiger partial charge in [0, 0.05) is 13.1 Å². The predicted octanol–water partition coefficient (Wildman–Crippen LogP) is 1.41. The normalized spacial score (nSPS) is 15.7. The van der Waals surface area contributed by atoms with Crippen LogP contribution in [0.25, 0.3) is 10.2 Å². The van der Waals surface area contributed by atoms with Crippen LogP contribution in [0.3, 0.4) is 0 Å². The van der Waals surface area contributed by atoms with Crippen LogP contribution < -0.4 is 10.4 Å². The molecule has 1 fully saturated rings. The van der Waals surface area contributed by atoms with E-state index in [1.807, 2.05) is 18.2 Å². The molecule has 1 amide bonds. The van der Waals surface area contributed by atoms with Gasteiger partial charge in [0.05, 0.1) is 23.2 Å². The van der Waals surface area contributed by atoms with E-state index in [0.717, 1.165) is 10.6 Å². The summed E-state index contributed by atoms with van der Waals surface area (Å²) in [5, 5.41) is 0.984. The summed E-state index contributed by atoms with van der Waals surface area (Å²) in [7, 11) is 1.45. The number of nitrogens with zero attached hydrogens (tertiary/aromatic N) is 2. The summed E-state index contributed by atoms with van der Waals surface area (Å²) in [5.41, 5.74) is 3.38. The lowest BCUT2D eigenvalue weighted by atomic mass is 10.0. The Hall–Kier alpha value is -1.66. The fourth-order valence-electron chi connectivity index (χ4n) is 1.98. The maximum atomic E-state index is 11.5. The number of aromatic nitrogens is 1. The average Bonchev–Trinajstić information content (AvgIpc) is 2.70. The first kappa shape index (κ1) is 11.4. The van der Waals surface area contributed by atoms with Crippen molar-refractivity contribution in [2.45, 2.75) is 0 Å². The first-order valence-corrected chi connectivity index (χ1v) is 6.53. The van der Waals surface area contributed by atoms with Crippen molar-refractivity contribution in [1.29, 1.82) is 0 Å². The van der Waals surface area contributed by atoms with Crippen LogP contribution in [0.15, 0.2) is 24.3 Å². The highest BCUT2D eigenvalue weighted by molar-refractivity contribution is 7.22. The summed E-state index contributed by atoms with van der Waals surface area (Å²) in [4.78, 5) is 22.8. The molecule has 1 aromatic heterocycles. The molecule has 1 aromatic carbocycles. The topological polar surface area (TPSA) is 54.5 Å². The molecule has 0 spiro atoms. The molecule has 0 bridgehead atoms. The van der Waals surface area contributed by atoms with Crippen molar-refractivity contribution in [3.05, 3.63) is 24.3 Å². The lowest BCUT2D eigenvalue weighted by molar-refractivity contribution is -0.136. The Kier molecular flexibility index (Phi) is 2.89. The first-order valence-electron chi connectivity index (χ1n) is 5.71. The number of carbonyl (C=O) groups excluding carboxylic acids is 1. The molecule has 3 rings (SSSR count). The van der Waals surface area contributed by atoms with Gasteiger partial charge in [-0.2, -0.15) is 0 Å². The van der Waals surface area contributed by atoms with Crippen LogP contribution in [0.2, 0.25) is 0 Å². The first-order chi connectivity index (χ1) is 8.78. The SMILES string of the molecule is CONC(=O)C1CN(c2nc3ccccc3s2)C1. The van der Waals surface area contributed by atoms with Gasteiger partial charge in [0.2, 0.25) is 5.91 Å². The lowest BCUT2D eigenvalue weighted by Crippen LogP contribution is -2.53. The van der Waals surface area contributed by atoms with Gasteiger partial charge in [-0.15, -0.1) is 0 Å². The van der Waals surface area contributed by atoms with Gasteiger partial charge in [-0.3, -0.25) is 9.63 Å². The molecule has 1 N–H and O–H groups in total. The van der Waals surface area contributed by atoms with E-state index in [4.69, 9.17) is 0 Å². The number of para-hydroxylation sites is 1. The van der Waals surface area contributed by atoms with Crippen LogP contribution in [0, 0.1) is 5.92 Å². The molecule has 0 radical (unpaired) electrons. The van der Waals surface area contributed by atoms with Crippen molar-refractivity contribution >= 4 is 32.6 Å². The third-order valence-electron chi connectivity index (χ3n) is 3.01. The van der Waals surface area contributed by atoms with E-state index in [9.17, 15) is 4.79 Å². The monoisotopic (exact) mass is 263 g/mol. The number of benzene rings is 1. The Bertz CT molecular complexity index is 544. The van der Waals surface area contributed by atoms with Gasteiger partial charge in [0.25, 0.3) is 0 Å². The Morgan fingerprint density at radius 2 is 2.28 bits per heavy atom.